The molecule has 0 aliphatic carbocycles. The minimum Gasteiger partial charge on any atom is -0.491 e. The van der Waals surface area contributed by atoms with E-state index < -0.39 is 10.8 Å². The van der Waals surface area contributed by atoms with Crippen molar-refractivity contribution in [3.63, 3.8) is 0 Å². The molecule has 27 heavy (non-hydrogen) atoms. The fraction of sp³-hybridized carbons (Fsp3) is 0.650. The van der Waals surface area contributed by atoms with Crippen LogP contribution in [0.4, 0.5) is 0 Å². The smallest absolute Gasteiger partial charge is 0.191 e. The topological polar surface area (TPSA) is 62.7 Å². The predicted molar refractivity (Wildman–Crippen MR) is 128 cm³/mol. The predicted octanol–water partition coefficient (Wildman–Crippen LogP) is 4.00. The summed E-state index contributed by atoms with van der Waals surface area (Å²) in [5.41, 5.74) is 2.22. The first-order chi connectivity index (χ1) is 12.1. The highest BCUT2D eigenvalue weighted by Crippen LogP contribution is 2.22. The molecule has 0 radical (unpaired) electrons. The van der Waals surface area contributed by atoms with E-state index >= 15 is 0 Å². The van der Waals surface area contributed by atoms with Crippen molar-refractivity contribution >= 4 is 40.7 Å². The molecule has 0 aliphatic heterocycles. The van der Waals surface area contributed by atoms with E-state index in [1.165, 1.54) is 5.56 Å². The molecule has 0 heterocycles. The fourth-order valence-corrected chi connectivity index (χ4v) is 3.13. The number of guanidine groups is 1. The van der Waals surface area contributed by atoms with Gasteiger partial charge in [0.05, 0.1) is 12.6 Å². The van der Waals surface area contributed by atoms with Crippen molar-refractivity contribution in [3.8, 4) is 5.75 Å². The molecule has 1 atom stereocenters. The van der Waals surface area contributed by atoms with Gasteiger partial charge >= 0.3 is 0 Å². The van der Waals surface area contributed by atoms with Crippen LogP contribution < -0.4 is 15.4 Å². The maximum atomic E-state index is 12.2. The van der Waals surface area contributed by atoms with Crippen molar-refractivity contribution in [1.29, 1.82) is 0 Å². The second-order valence-electron chi connectivity index (χ2n) is 7.56. The summed E-state index contributed by atoms with van der Waals surface area (Å²) in [5, 5.41) is 6.51. The van der Waals surface area contributed by atoms with E-state index in [1.54, 1.807) is 0 Å². The van der Waals surface area contributed by atoms with Crippen LogP contribution in [-0.2, 0) is 17.3 Å². The lowest BCUT2D eigenvalue weighted by molar-refractivity contribution is 0.240. The first kappa shape index (κ1) is 26.2. The monoisotopic (exact) mass is 509 g/mol. The lowest BCUT2D eigenvalue weighted by Gasteiger charge is -2.18. The van der Waals surface area contributed by atoms with Crippen LogP contribution in [0.1, 0.15) is 52.7 Å². The molecule has 0 amide bonds. The summed E-state index contributed by atoms with van der Waals surface area (Å²) in [6.45, 7) is 16.1. The summed E-state index contributed by atoms with van der Waals surface area (Å²) in [5.74, 6) is 2.21. The molecule has 0 aliphatic rings. The average molecular weight is 509 g/mol. The number of aliphatic imine (C=N–C) groups is 1. The van der Waals surface area contributed by atoms with Crippen LogP contribution >= 0.6 is 24.0 Å². The Kier molecular flexibility index (Phi) is 12.2. The number of halogens is 1. The molecule has 0 bridgehead atoms. The average Bonchev–Trinajstić information content (AvgIpc) is 2.52. The summed E-state index contributed by atoms with van der Waals surface area (Å²) < 4.78 is 17.9. The molecular formula is C20H36IN3O2S. The van der Waals surface area contributed by atoms with Crippen molar-refractivity contribution in [1.82, 2.24) is 10.6 Å². The zero-order valence-electron chi connectivity index (χ0n) is 17.7. The number of benzene rings is 1. The molecule has 2 N–H and O–H groups in total. The van der Waals surface area contributed by atoms with Gasteiger partial charge < -0.3 is 15.4 Å². The van der Waals surface area contributed by atoms with Crippen LogP contribution in [0, 0.1) is 6.92 Å². The van der Waals surface area contributed by atoms with E-state index in [9.17, 15) is 4.21 Å². The van der Waals surface area contributed by atoms with E-state index in [0.29, 0.717) is 18.8 Å². The summed E-state index contributed by atoms with van der Waals surface area (Å²) in [6, 6.07) is 6.19. The Morgan fingerprint density at radius 2 is 1.93 bits per heavy atom. The standard InChI is InChI=1S/C20H35N3O2S.HI/c1-8-21-19(22-11-12-26(24)20(5,6)7)23-14-17-10-9-16(4)13-18(17)25-15(2)3;/h9-10,13,15H,8,11-12,14H2,1-7H3,(H2,21,22,23);1H. The number of nitrogens with one attached hydrogen (secondary N) is 2. The Morgan fingerprint density at radius 1 is 1.26 bits per heavy atom. The zero-order chi connectivity index (χ0) is 19.7. The molecule has 0 spiro atoms. The Bertz CT molecular complexity index is 628. The van der Waals surface area contributed by atoms with Crippen molar-refractivity contribution in [2.75, 3.05) is 18.8 Å². The van der Waals surface area contributed by atoms with Gasteiger partial charge in [-0.25, -0.2) is 4.99 Å². The summed E-state index contributed by atoms with van der Waals surface area (Å²) >= 11 is 0. The highest BCUT2D eigenvalue weighted by molar-refractivity contribution is 14.0. The number of hydrogen-bond acceptors (Lipinski definition) is 3. The van der Waals surface area contributed by atoms with Crippen LogP contribution in [-0.4, -0.2) is 39.9 Å². The minimum absolute atomic E-state index is 0. The van der Waals surface area contributed by atoms with Gasteiger partial charge in [-0.1, -0.05) is 12.1 Å². The second-order valence-corrected chi connectivity index (χ2v) is 9.89. The lowest BCUT2D eigenvalue weighted by Crippen LogP contribution is -2.40. The molecular weight excluding hydrogens is 473 g/mol. The van der Waals surface area contributed by atoms with Crippen LogP contribution in [0.15, 0.2) is 23.2 Å². The number of rotatable bonds is 8. The number of hydrogen-bond donors (Lipinski definition) is 2. The molecule has 0 aromatic heterocycles. The van der Waals surface area contributed by atoms with Gasteiger partial charge in [-0.3, -0.25) is 4.21 Å². The molecule has 156 valence electrons. The van der Waals surface area contributed by atoms with Gasteiger partial charge in [-0.2, -0.15) is 0 Å². The Balaban J connectivity index is 0.00000676. The van der Waals surface area contributed by atoms with Crippen LogP contribution in [0.25, 0.3) is 0 Å². The second kappa shape index (κ2) is 12.6. The maximum Gasteiger partial charge on any atom is 0.191 e. The van der Waals surface area contributed by atoms with Crippen LogP contribution in [0.3, 0.4) is 0 Å². The van der Waals surface area contributed by atoms with Crippen molar-refractivity contribution in [2.24, 2.45) is 4.99 Å². The highest BCUT2D eigenvalue weighted by atomic mass is 127. The van der Waals surface area contributed by atoms with Crippen LogP contribution in [0.5, 0.6) is 5.75 Å². The zero-order valence-corrected chi connectivity index (χ0v) is 20.9. The van der Waals surface area contributed by atoms with Crippen molar-refractivity contribution in [3.05, 3.63) is 29.3 Å². The van der Waals surface area contributed by atoms with E-state index in [0.717, 1.165) is 23.8 Å². The van der Waals surface area contributed by atoms with Gasteiger partial charge in [-0.15, -0.1) is 24.0 Å². The van der Waals surface area contributed by atoms with Gasteiger partial charge in [-0.05, 0) is 60.1 Å². The number of nitrogens with zero attached hydrogens (tertiary/aromatic N) is 1. The number of ether oxygens (including phenoxy) is 1. The first-order valence-electron chi connectivity index (χ1n) is 9.30. The van der Waals surface area contributed by atoms with Gasteiger partial charge in [0.25, 0.3) is 0 Å². The normalized spacial score (nSPS) is 13.1. The van der Waals surface area contributed by atoms with E-state index in [1.807, 2.05) is 41.5 Å². The molecule has 0 saturated carbocycles. The molecule has 1 aromatic rings. The Labute approximate surface area is 184 Å². The summed E-state index contributed by atoms with van der Waals surface area (Å²) in [4.78, 5) is 4.66. The lowest BCUT2D eigenvalue weighted by atomic mass is 10.1. The first-order valence-corrected chi connectivity index (χ1v) is 10.6. The molecule has 7 heteroatoms. The van der Waals surface area contributed by atoms with E-state index in [2.05, 4.69) is 40.7 Å². The molecule has 0 fully saturated rings. The SMILES string of the molecule is CCNC(=NCc1ccc(C)cc1OC(C)C)NCCS(=O)C(C)(C)C.I. The molecule has 1 rings (SSSR count). The van der Waals surface area contributed by atoms with E-state index in [4.69, 9.17) is 4.74 Å². The third-order valence-electron chi connectivity index (χ3n) is 3.60. The van der Waals surface area contributed by atoms with Gasteiger partial charge in [0.1, 0.15) is 5.75 Å². The van der Waals surface area contributed by atoms with E-state index in [-0.39, 0.29) is 34.8 Å². The molecule has 1 aromatic carbocycles. The largest absolute Gasteiger partial charge is 0.491 e. The quantitative estimate of drug-likeness (QED) is 0.316. The summed E-state index contributed by atoms with van der Waals surface area (Å²) in [6.07, 6.45) is 0.123. The highest BCUT2D eigenvalue weighted by Gasteiger charge is 2.18. The molecule has 5 nitrogen and oxygen atoms in total. The van der Waals surface area contributed by atoms with Gasteiger partial charge in [0, 0.05) is 40.0 Å². The van der Waals surface area contributed by atoms with Gasteiger partial charge in [0.15, 0.2) is 5.96 Å². The van der Waals surface area contributed by atoms with Gasteiger partial charge in [0.2, 0.25) is 0 Å². The maximum absolute atomic E-state index is 12.2. The third-order valence-corrected chi connectivity index (χ3v) is 5.54. The number of aryl methyl sites for hydroxylation is 1. The fourth-order valence-electron chi connectivity index (χ4n) is 2.23. The third kappa shape index (κ3) is 10.3. The Hall–Kier alpha value is -0.830. The Morgan fingerprint density at radius 3 is 2.48 bits per heavy atom. The summed E-state index contributed by atoms with van der Waals surface area (Å²) in [7, 11) is -0.876. The molecule has 1 unspecified atom stereocenters. The minimum atomic E-state index is -0.876. The molecule has 0 saturated heterocycles. The van der Waals surface area contributed by atoms with Crippen LogP contribution in [0.2, 0.25) is 0 Å². The van der Waals surface area contributed by atoms with Crippen molar-refractivity contribution < 1.29 is 8.95 Å². The van der Waals surface area contributed by atoms with Crippen molar-refractivity contribution in [2.45, 2.75) is 65.9 Å².